The predicted octanol–water partition coefficient (Wildman–Crippen LogP) is 1.61. The summed E-state index contributed by atoms with van der Waals surface area (Å²) in [5.41, 5.74) is 7.60. The van der Waals surface area contributed by atoms with Crippen molar-refractivity contribution >= 4 is 0 Å². The molecular weight excluding hydrogens is 219 g/mol. The first-order chi connectivity index (χ1) is 8.20. The van der Waals surface area contributed by atoms with Crippen LogP contribution in [0.15, 0.2) is 24.4 Å². The minimum atomic E-state index is -0.235. The molecule has 0 unspecified atom stereocenters. The minimum absolute atomic E-state index is 0.235. The third kappa shape index (κ3) is 2.68. The highest BCUT2D eigenvalue weighted by atomic mass is 19.1. The van der Waals surface area contributed by atoms with Gasteiger partial charge in [-0.2, -0.15) is 0 Å². The molecule has 5 heteroatoms. The molecule has 0 fully saturated rings. The smallest absolute Gasteiger partial charge is 0.128 e. The largest absolute Gasteiger partial charge is 0.330 e. The molecule has 2 aromatic rings. The zero-order valence-electron chi connectivity index (χ0n) is 9.73. The lowest BCUT2D eigenvalue weighted by atomic mass is 10.2. The van der Waals surface area contributed by atoms with Crippen LogP contribution >= 0.6 is 0 Å². The average Bonchev–Trinajstić information content (AvgIpc) is 2.79. The van der Waals surface area contributed by atoms with Crippen molar-refractivity contribution in [1.29, 1.82) is 0 Å². The number of aryl methyl sites for hydroxylation is 2. The summed E-state index contributed by atoms with van der Waals surface area (Å²) in [6.07, 6.45) is 3.48. The van der Waals surface area contributed by atoms with Crippen LogP contribution in [-0.2, 0) is 6.42 Å². The van der Waals surface area contributed by atoms with Crippen LogP contribution < -0.4 is 5.73 Å². The van der Waals surface area contributed by atoms with E-state index in [-0.39, 0.29) is 5.82 Å². The fraction of sp³-hybridized carbons (Fsp3) is 0.333. The van der Waals surface area contributed by atoms with Gasteiger partial charge in [-0.25, -0.2) is 9.07 Å². The van der Waals surface area contributed by atoms with Gasteiger partial charge in [0, 0.05) is 0 Å². The van der Waals surface area contributed by atoms with E-state index in [9.17, 15) is 4.39 Å². The Kier molecular flexibility index (Phi) is 3.49. The molecule has 0 saturated heterocycles. The quantitative estimate of drug-likeness (QED) is 0.874. The van der Waals surface area contributed by atoms with Gasteiger partial charge < -0.3 is 5.73 Å². The maximum atomic E-state index is 13.4. The van der Waals surface area contributed by atoms with Gasteiger partial charge in [0.1, 0.15) is 5.82 Å². The average molecular weight is 234 g/mol. The first-order valence-corrected chi connectivity index (χ1v) is 5.58. The standard InChI is InChI=1S/C12H15FN4/c1-9-4-5-11(7-12(9)13)17-8-10(15-16-17)3-2-6-14/h4-5,7-8H,2-3,6,14H2,1H3. The molecule has 90 valence electrons. The van der Waals surface area contributed by atoms with Crippen molar-refractivity contribution < 1.29 is 4.39 Å². The Morgan fingerprint density at radius 1 is 1.41 bits per heavy atom. The SMILES string of the molecule is Cc1ccc(-n2cc(CCCN)nn2)cc1F. The molecule has 0 amide bonds. The van der Waals surface area contributed by atoms with E-state index < -0.39 is 0 Å². The van der Waals surface area contributed by atoms with Gasteiger partial charge in [0.05, 0.1) is 17.6 Å². The van der Waals surface area contributed by atoms with Gasteiger partial charge in [0.25, 0.3) is 0 Å². The lowest BCUT2D eigenvalue weighted by molar-refractivity contribution is 0.615. The first kappa shape index (κ1) is 11.7. The highest BCUT2D eigenvalue weighted by Crippen LogP contribution is 2.13. The van der Waals surface area contributed by atoms with E-state index in [1.54, 1.807) is 23.9 Å². The molecule has 0 bridgehead atoms. The van der Waals surface area contributed by atoms with Crippen molar-refractivity contribution in [2.75, 3.05) is 6.54 Å². The summed E-state index contributed by atoms with van der Waals surface area (Å²) >= 11 is 0. The van der Waals surface area contributed by atoms with E-state index >= 15 is 0 Å². The highest BCUT2D eigenvalue weighted by molar-refractivity contribution is 5.34. The fourth-order valence-corrected chi connectivity index (χ4v) is 1.55. The number of aromatic nitrogens is 3. The van der Waals surface area contributed by atoms with Crippen molar-refractivity contribution in [2.45, 2.75) is 19.8 Å². The van der Waals surface area contributed by atoms with Crippen LogP contribution in [0.3, 0.4) is 0 Å². The van der Waals surface area contributed by atoms with Crippen LogP contribution in [0.5, 0.6) is 0 Å². The van der Waals surface area contributed by atoms with Crippen molar-refractivity contribution in [2.24, 2.45) is 5.73 Å². The molecule has 0 aliphatic rings. The summed E-state index contributed by atoms with van der Waals surface area (Å²) in [6, 6.07) is 5.00. The topological polar surface area (TPSA) is 56.7 Å². The summed E-state index contributed by atoms with van der Waals surface area (Å²) in [6.45, 7) is 2.36. The van der Waals surface area contributed by atoms with Crippen molar-refractivity contribution in [1.82, 2.24) is 15.0 Å². The van der Waals surface area contributed by atoms with Gasteiger partial charge in [-0.05, 0) is 44.0 Å². The Morgan fingerprint density at radius 2 is 2.24 bits per heavy atom. The summed E-state index contributed by atoms with van der Waals surface area (Å²) in [4.78, 5) is 0. The van der Waals surface area contributed by atoms with Crippen LogP contribution in [0.4, 0.5) is 4.39 Å². The number of benzene rings is 1. The third-order valence-electron chi connectivity index (χ3n) is 2.60. The van der Waals surface area contributed by atoms with E-state index in [2.05, 4.69) is 10.3 Å². The second kappa shape index (κ2) is 5.05. The Balaban J connectivity index is 2.21. The van der Waals surface area contributed by atoms with Crippen LogP contribution in [0, 0.1) is 12.7 Å². The normalized spacial score (nSPS) is 10.8. The van der Waals surface area contributed by atoms with Gasteiger partial charge >= 0.3 is 0 Å². The fourth-order valence-electron chi connectivity index (χ4n) is 1.55. The monoisotopic (exact) mass is 234 g/mol. The second-order valence-electron chi connectivity index (χ2n) is 3.98. The molecule has 2 rings (SSSR count). The summed E-state index contributed by atoms with van der Waals surface area (Å²) in [5, 5.41) is 7.99. The third-order valence-corrected chi connectivity index (χ3v) is 2.60. The number of nitrogens with two attached hydrogens (primary N) is 1. The first-order valence-electron chi connectivity index (χ1n) is 5.58. The van der Waals surface area contributed by atoms with Gasteiger partial charge in [-0.15, -0.1) is 5.10 Å². The van der Waals surface area contributed by atoms with Crippen molar-refractivity contribution in [3.8, 4) is 5.69 Å². The Labute approximate surface area is 99.2 Å². The number of hydrogen-bond donors (Lipinski definition) is 1. The lowest BCUT2D eigenvalue weighted by Crippen LogP contribution is -2.00. The van der Waals surface area contributed by atoms with Crippen LogP contribution in [-0.4, -0.2) is 21.5 Å². The second-order valence-corrected chi connectivity index (χ2v) is 3.98. The molecule has 4 nitrogen and oxygen atoms in total. The number of rotatable bonds is 4. The van der Waals surface area contributed by atoms with Gasteiger partial charge in [0.15, 0.2) is 0 Å². The van der Waals surface area contributed by atoms with Crippen LogP contribution in [0.2, 0.25) is 0 Å². The van der Waals surface area contributed by atoms with E-state index in [4.69, 9.17) is 5.73 Å². The summed E-state index contributed by atoms with van der Waals surface area (Å²) in [5.74, 6) is -0.235. The van der Waals surface area contributed by atoms with Crippen LogP contribution in [0.25, 0.3) is 5.69 Å². The molecule has 1 aromatic carbocycles. The number of nitrogens with zero attached hydrogens (tertiary/aromatic N) is 3. The Bertz CT molecular complexity index is 507. The lowest BCUT2D eigenvalue weighted by Gasteiger charge is -2.01. The van der Waals surface area contributed by atoms with Crippen molar-refractivity contribution in [3.05, 3.63) is 41.5 Å². The molecule has 0 aliphatic heterocycles. The maximum absolute atomic E-state index is 13.4. The molecule has 1 heterocycles. The van der Waals surface area contributed by atoms with E-state index in [1.165, 1.54) is 6.07 Å². The molecule has 2 N–H and O–H groups in total. The molecule has 0 saturated carbocycles. The molecule has 1 aromatic heterocycles. The molecule has 0 radical (unpaired) electrons. The van der Waals surface area contributed by atoms with E-state index in [0.717, 1.165) is 18.5 Å². The molecule has 0 aliphatic carbocycles. The van der Waals surface area contributed by atoms with E-state index in [1.807, 2.05) is 6.07 Å². The molecule has 17 heavy (non-hydrogen) atoms. The van der Waals surface area contributed by atoms with Gasteiger partial charge in [0.2, 0.25) is 0 Å². The van der Waals surface area contributed by atoms with Gasteiger partial charge in [-0.3, -0.25) is 0 Å². The zero-order chi connectivity index (χ0) is 12.3. The number of halogens is 1. The Morgan fingerprint density at radius 3 is 2.94 bits per heavy atom. The van der Waals surface area contributed by atoms with E-state index in [0.29, 0.717) is 17.8 Å². The zero-order valence-corrected chi connectivity index (χ0v) is 9.73. The molecule has 0 spiro atoms. The van der Waals surface area contributed by atoms with Crippen molar-refractivity contribution in [3.63, 3.8) is 0 Å². The predicted molar refractivity (Wildman–Crippen MR) is 63.4 cm³/mol. The Hall–Kier alpha value is -1.75. The number of hydrogen-bond acceptors (Lipinski definition) is 3. The minimum Gasteiger partial charge on any atom is -0.330 e. The highest BCUT2D eigenvalue weighted by Gasteiger charge is 2.04. The summed E-state index contributed by atoms with van der Waals surface area (Å²) < 4.78 is 15.0. The molecule has 0 atom stereocenters. The molecular formula is C12H15FN4. The summed E-state index contributed by atoms with van der Waals surface area (Å²) in [7, 11) is 0. The van der Waals surface area contributed by atoms with Crippen LogP contribution in [0.1, 0.15) is 17.7 Å². The maximum Gasteiger partial charge on any atom is 0.128 e. The van der Waals surface area contributed by atoms with Gasteiger partial charge in [-0.1, -0.05) is 11.3 Å².